The van der Waals surface area contributed by atoms with Gasteiger partial charge in [0.1, 0.15) is 0 Å². The molecular weight excluding hydrogens is 204 g/mol. The third-order valence-electron chi connectivity index (χ3n) is 2.18. The van der Waals surface area contributed by atoms with E-state index in [1.807, 2.05) is 0 Å². The van der Waals surface area contributed by atoms with Gasteiger partial charge in [0.15, 0.2) is 0 Å². The van der Waals surface area contributed by atoms with Crippen LogP contribution < -0.4 is 10.1 Å². The number of amides is 1. The zero-order chi connectivity index (χ0) is 12.0. The summed E-state index contributed by atoms with van der Waals surface area (Å²) < 4.78 is 4.93. The van der Waals surface area contributed by atoms with Gasteiger partial charge in [-0.1, -0.05) is 13.8 Å². The number of carbonyl (C=O) groups is 1. The summed E-state index contributed by atoms with van der Waals surface area (Å²) in [6.07, 6.45) is 3.03. The van der Waals surface area contributed by atoms with E-state index in [9.17, 15) is 4.79 Å². The molecule has 0 spiro atoms. The van der Waals surface area contributed by atoms with E-state index in [1.165, 1.54) is 0 Å². The lowest BCUT2D eigenvalue weighted by atomic mass is 10.1. The lowest BCUT2D eigenvalue weighted by molar-refractivity contribution is -0.116. The number of anilines is 1. The number of pyridine rings is 1. The van der Waals surface area contributed by atoms with Gasteiger partial charge in [-0.15, -0.1) is 0 Å². The van der Waals surface area contributed by atoms with Gasteiger partial charge in [-0.3, -0.25) is 4.79 Å². The van der Waals surface area contributed by atoms with Crippen molar-refractivity contribution in [3.63, 3.8) is 0 Å². The van der Waals surface area contributed by atoms with Gasteiger partial charge in [0.05, 0.1) is 19.0 Å². The molecule has 1 N–H and O–H groups in total. The zero-order valence-corrected chi connectivity index (χ0v) is 9.99. The average molecular weight is 222 g/mol. The van der Waals surface area contributed by atoms with Gasteiger partial charge in [-0.2, -0.15) is 0 Å². The first kappa shape index (κ1) is 12.5. The number of hydrogen-bond acceptors (Lipinski definition) is 3. The number of hydrogen-bond donors (Lipinski definition) is 1. The van der Waals surface area contributed by atoms with Gasteiger partial charge >= 0.3 is 0 Å². The molecule has 88 valence electrons. The standard InChI is InChI=1S/C12H18N2O2/c1-9(2)4-6-11(15)14-10-5-7-12(16-3)13-8-10/h5,7-9H,4,6H2,1-3H3,(H,14,15). The molecule has 1 rings (SSSR count). The molecule has 4 nitrogen and oxygen atoms in total. The van der Waals surface area contributed by atoms with Crippen molar-refractivity contribution in [3.8, 4) is 5.88 Å². The molecule has 1 amide bonds. The van der Waals surface area contributed by atoms with Crippen molar-refractivity contribution in [1.29, 1.82) is 0 Å². The Kier molecular flexibility index (Phi) is 4.76. The molecular formula is C12H18N2O2. The van der Waals surface area contributed by atoms with Crippen LogP contribution >= 0.6 is 0 Å². The van der Waals surface area contributed by atoms with Gasteiger partial charge in [0, 0.05) is 12.5 Å². The second-order valence-electron chi connectivity index (χ2n) is 4.07. The maximum atomic E-state index is 11.5. The number of nitrogens with one attached hydrogen (secondary N) is 1. The average Bonchev–Trinajstić information content (AvgIpc) is 2.27. The van der Waals surface area contributed by atoms with E-state index in [2.05, 4.69) is 24.1 Å². The molecule has 0 aliphatic carbocycles. The predicted molar refractivity (Wildman–Crippen MR) is 63.5 cm³/mol. The highest BCUT2D eigenvalue weighted by atomic mass is 16.5. The lowest BCUT2D eigenvalue weighted by Crippen LogP contribution is -2.12. The first-order valence-electron chi connectivity index (χ1n) is 5.41. The predicted octanol–water partition coefficient (Wildman–Crippen LogP) is 2.46. The Bertz CT molecular complexity index is 333. The van der Waals surface area contributed by atoms with E-state index in [0.717, 1.165) is 6.42 Å². The van der Waals surface area contributed by atoms with Crippen molar-refractivity contribution in [2.45, 2.75) is 26.7 Å². The topological polar surface area (TPSA) is 51.2 Å². The Morgan fingerprint density at radius 3 is 2.75 bits per heavy atom. The van der Waals surface area contributed by atoms with Gasteiger partial charge in [0.2, 0.25) is 11.8 Å². The molecule has 1 aromatic rings. The zero-order valence-electron chi connectivity index (χ0n) is 9.99. The van der Waals surface area contributed by atoms with Crippen LogP contribution in [0.15, 0.2) is 18.3 Å². The molecule has 0 radical (unpaired) electrons. The first-order valence-corrected chi connectivity index (χ1v) is 5.41. The molecule has 0 bridgehead atoms. The molecule has 0 aromatic carbocycles. The maximum Gasteiger partial charge on any atom is 0.224 e. The second-order valence-corrected chi connectivity index (χ2v) is 4.07. The largest absolute Gasteiger partial charge is 0.481 e. The minimum atomic E-state index is 0.0284. The van der Waals surface area contributed by atoms with Crippen LogP contribution in [0.2, 0.25) is 0 Å². The molecule has 0 aliphatic heterocycles. The van der Waals surface area contributed by atoms with Crippen molar-refractivity contribution in [1.82, 2.24) is 4.98 Å². The number of nitrogens with zero attached hydrogens (tertiary/aromatic N) is 1. The first-order chi connectivity index (χ1) is 7.61. The fourth-order valence-electron chi connectivity index (χ4n) is 1.22. The van der Waals surface area contributed by atoms with E-state index in [-0.39, 0.29) is 5.91 Å². The molecule has 4 heteroatoms. The van der Waals surface area contributed by atoms with Crippen molar-refractivity contribution >= 4 is 11.6 Å². The quantitative estimate of drug-likeness (QED) is 0.832. The van der Waals surface area contributed by atoms with Crippen LogP contribution in [0.5, 0.6) is 5.88 Å². The maximum absolute atomic E-state index is 11.5. The third kappa shape index (κ3) is 4.29. The molecule has 0 atom stereocenters. The number of ether oxygens (including phenoxy) is 1. The Morgan fingerprint density at radius 1 is 1.50 bits per heavy atom. The van der Waals surface area contributed by atoms with Gasteiger partial charge in [-0.05, 0) is 18.4 Å². The van der Waals surface area contributed by atoms with Crippen LogP contribution in [0.3, 0.4) is 0 Å². The van der Waals surface area contributed by atoms with Crippen molar-refractivity contribution in [2.75, 3.05) is 12.4 Å². The summed E-state index contributed by atoms with van der Waals surface area (Å²) in [4.78, 5) is 15.5. The molecule has 16 heavy (non-hydrogen) atoms. The fourth-order valence-corrected chi connectivity index (χ4v) is 1.22. The summed E-state index contributed by atoms with van der Waals surface area (Å²) in [6.45, 7) is 4.20. The molecule has 1 heterocycles. The van der Waals surface area contributed by atoms with Crippen molar-refractivity contribution in [2.24, 2.45) is 5.92 Å². The van der Waals surface area contributed by atoms with Crippen molar-refractivity contribution < 1.29 is 9.53 Å². The van der Waals surface area contributed by atoms with Crippen LogP contribution in [0.1, 0.15) is 26.7 Å². The number of rotatable bonds is 5. The SMILES string of the molecule is COc1ccc(NC(=O)CCC(C)C)cn1. The summed E-state index contributed by atoms with van der Waals surface area (Å²) >= 11 is 0. The van der Waals surface area contributed by atoms with Crippen LogP contribution in [0.25, 0.3) is 0 Å². The lowest BCUT2D eigenvalue weighted by Gasteiger charge is -2.06. The number of carbonyl (C=O) groups excluding carboxylic acids is 1. The van der Waals surface area contributed by atoms with E-state index < -0.39 is 0 Å². The highest BCUT2D eigenvalue weighted by molar-refractivity contribution is 5.90. The highest BCUT2D eigenvalue weighted by Crippen LogP contribution is 2.12. The monoisotopic (exact) mass is 222 g/mol. The van der Waals surface area contributed by atoms with Crippen LogP contribution in [0.4, 0.5) is 5.69 Å². The minimum Gasteiger partial charge on any atom is -0.481 e. The van der Waals surface area contributed by atoms with E-state index in [1.54, 1.807) is 25.4 Å². The van der Waals surface area contributed by atoms with Crippen LogP contribution in [0, 0.1) is 5.92 Å². The molecule has 0 fully saturated rings. The Balaban J connectivity index is 2.43. The fraction of sp³-hybridized carbons (Fsp3) is 0.500. The highest BCUT2D eigenvalue weighted by Gasteiger charge is 2.04. The smallest absolute Gasteiger partial charge is 0.224 e. The molecule has 0 saturated carbocycles. The van der Waals surface area contributed by atoms with E-state index in [0.29, 0.717) is 23.9 Å². The molecule has 0 saturated heterocycles. The summed E-state index contributed by atoms with van der Waals surface area (Å²) in [5, 5.41) is 2.79. The summed E-state index contributed by atoms with van der Waals surface area (Å²) in [6, 6.07) is 3.50. The normalized spacial score (nSPS) is 10.2. The van der Waals surface area contributed by atoms with E-state index in [4.69, 9.17) is 4.74 Å². The van der Waals surface area contributed by atoms with Gasteiger partial charge in [0.25, 0.3) is 0 Å². The van der Waals surface area contributed by atoms with Gasteiger partial charge < -0.3 is 10.1 Å². The summed E-state index contributed by atoms with van der Waals surface area (Å²) in [5.41, 5.74) is 0.703. The van der Waals surface area contributed by atoms with Crippen LogP contribution in [-0.2, 0) is 4.79 Å². The number of methoxy groups -OCH3 is 1. The van der Waals surface area contributed by atoms with Crippen molar-refractivity contribution in [3.05, 3.63) is 18.3 Å². The second kappa shape index (κ2) is 6.10. The molecule has 1 aromatic heterocycles. The number of aromatic nitrogens is 1. The third-order valence-corrected chi connectivity index (χ3v) is 2.18. The van der Waals surface area contributed by atoms with Gasteiger partial charge in [-0.25, -0.2) is 4.98 Å². The Labute approximate surface area is 96.0 Å². The molecule has 0 unspecified atom stereocenters. The van der Waals surface area contributed by atoms with E-state index >= 15 is 0 Å². The Morgan fingerprint density at radius 2 is 2.25 bits per heavy atom. The Hall–Kier alpha value is -1.58. The summed E-state index contributed by atoms with van der Waals surface area (Å²) in [5.74, 6) is 1.11. The minimum absolute atomic E-state index is 0.0284. The molecule has 0 aliphatic rings. The van der Waals surface area contributed by atoms with Crippen LogP contribution in [-0.4, -0.2) is 18.0 Å². The summed E-state index contributed by atoms with van der Waals surface area (Å²) in [7, 11) is 1.56.